The van der Waals surface area contributed by atoms with E-state index < -0.39 is 34.9 Å². The Hall–Kier alpha value is -4.27. The number of alkyl halides is 6. The van der Waals surface area contributed by atoms with Gasteiger partial charge >= 0.3 is 12.4 Å². The van der Waals surface area contributed by atoms with Gasteiger partial charge in [-0.25, -0.2) is 0 Å². The average molecular weight is 544 g/mol. The molecule has 0 aromatic heterocycles. The lowest BCUT2D eigenvalue weighted by Crippen LogP contribution is -2.49. The lowest BCUT2D eigenvalue weighted by atomic mass is 9.76. The van der Waals surface area contributed by atoms with Gasteiger partial charge in [-0.3, -0.25) is 4.79 Å². The molecule has 0 aliphatic rings. The van der Waals surface area contributed by atoms with E-state index in [0.717, 1.165) is 24.3 Å². The van der Waals surface area contributed by atoms with Crippen LogP contribution in [-0.4, -0.2) is 13.0 Å². The fraction of sp³-hybridized carbons (Fsp3) is 0.167. The summed E-state index contributed by atoms with van der Waals surface area (Å²) in [4.78, 5) is 13.7. The lowest BCUT2D eigenvalue weighted by molar-refractivity contribution is -0.138. The van der Waals surface area contributed by atoms with Gasteiger partial charge in [0.2, 0.25) is 0 Å². The van der Waals surface area contributed by atoms with Crippen molar-refractivity contribution in [1.82, 2.24) is 5.32 Å². The van der Waals surface area contributed by atoms with Crippen LogP contribution in [0, 0.1) is 0 Å². The summed E-state index contributed by atoms with van der Waals surface area (Å²) in [7, 11) is 1.35. The Morgan fingerprint density at radius 2 is 1.15 bits per heavy atom. The number of methoxy groups -OCH3 is 1. The summed E-state index contributed by atoms with van der Waals surface area (Å²) in [5.41, 5.74) is -3.27. The summed E-state index contributed by atoms with van der Waals surface area (Å²) in [6.07, 6.45) is -9.60. The van der Waals surface area contributed by atoms with Gasteiger partial charge in [-0.1, -0.05) is 66.7 Å². The largest absolute Gasteiger partial charge is 0.496 e. The molecule has 0 unspecified atom stereocenters. The van der Waals surface area contributed by atoms with Gasteiger partial charge < -0.3 is 10.1 Å². The van der Waals surface area contributed by atoms with E-state index in [-0.39, 0.29) is 28.9 Å². The maximum absolute atomic E-state index is 13.8. The number of carbonyl (C=O) groups is 1. The number of ether oxygens (including phenoxy) is 1. The van der Waals surface area contributed by atoms with Gasteiger partial charge in [-0.2, -0.15) is 26.3 Å². The maximum atomic E-state index is 13.8. The van der Waals surface area contributed by atoms with Crippen LogP contribution in [0.2, 0.25) is 0 Å². The Labute approximate surface area is 221 Å². The zero-order valence-corrected chi connectivity index (χ0v) is 20.6. The molecule has 4 rings (SSSR count). The maximum Gasteiger partial charge on any atom is 0.416 e. The van der Waals surface area contributed by atoms with Crippen LogP contribution in [0.5, 0.6) is 5.75 Å². The number of amides is 1. The molecular formula is C30H23F6NO2. The number of hydrogen-bond donors (Lipinski definition) is 1. The standard InChI is InChI=1S/C30H23F6NO2/c1-39-26-16-6-5-15-25(26)27(38)37-28(19-20-9-3-2-4-10-20,21-11-7-13-23(17-21)29(31,32)33)22-12-8-14-24(18-22)30(34,35)36/h2-18H,19H2,1H3,(H,37,38). The third-order valence-electron chi connectivity index (χ3n) is 6.36. The number of para-hydroxylation sites is 1. The van der Waals surface area contributed by atoms with Crippen molar-refractivity contribution in [2.75, 3.05) is 7.11 Å². The first-order chi connectivity index (χ1) is 18.4. The molecule has 3 nitrogen and oxygen atoms in total. The molecule has 0 atom stereocenters. The van der Waals surface area contributed by atoms with Gasteiger partial charge in [0, 0.05) is 6.42 Å². The predicted molar refractivity (Wildman–Crippen MR) is 134 cm³/mol. The first kappa shape index (κ1) is 27.8. The molecule has 4 aromatic carbocycles. The Bertz CT molecular complexity index is 1390. The molecule has 1 amide bonds. The molecule has 9 heteroatoms. The second kappa shape index (κ2) is 10.8. The molecule has 0 aliphatic heterocycles. The van der Waals surface area contributed by atoms with E-state index in [0.29, 0.717) is 5.56 Å². The average Bonchev–Trinajstić information content (AvgIpc) is 2.92. The molecule has 202 valence electrons. The predicted octanol–water partition coefficient (Wildman–Crippen LogP) is 7.65. The SMILES string of the molecule is COc1ccccc1C(=O)NC(Cc1ccccc1)(c1cccc(C(F)(F)F)c1)c1cccc(C(F)(F)F)c1. The third-order valence-corrected chi connectivity index (χ3v) is 6.36. The van der Waals surface area contributed by atoms with Crippen LogP contribution in [0.3, 0.4) is 0 Å². The van der Waals surface area contributed by atoms with E-state index in [2.05, 4.69) is 5.32 Å². The quantitative estimate of drug-likeness (QED) is 0.243. The first-order valence-corrected chi connectivity index (χ1v) is 11.8. The zero-order chi connectivity index (χ0) is 28.3. The van der Waals surface area contributed by atoms with Crippen LogP contribution in [0.15, 0.2) is 103 Å². The summed E-state index contributed by atoms with van der Waals surface area (Å²) >= 11 is 0. The minimum absolute atomic E-state index is 0.0382. The van der Waals surface area contributed by atoms with E-state index in [1.807, 2.05) is 0 Å². The van der Waals surface area contributed by atoms with Crippen LogP contribution in [0.1, 0.15) is 38.2 Å². The second-order valence-electron chi connectivity index (χ2n) is 8.88. The van der Waals surface area contributed by atoms with E-state index in [9.17, 15) is 31.1 Å². The fourth-order valence-electron chi connectivity index (χ4n) is 4.48. The highest BCUT2D eigenvalue weighted by atomic mass is 19.4. The van der Waals surface area contributed by atoms with E-state index >= 15 is 0 Å². The molecule has 4 aromatic rings. The zero-order valence-electron chi connectivity index (χ0n) is 20.6. The Morgan fingerprint density at radius 3 is 1.67 bits per heavy atom. The highest BCUT2D eigenvalue weighted by Crippen LogP contribution is 2.40. The monoisotopic (exact) mass is 543 g/mol. The summed E-state index contributed by atoms with van der Waals surface area (Å²) in [6, 6.07) is 23.2. The molecule has 0 heterocycles. The minimum atomic E-state index is -4.73. The fourth-order valence-corrected chi connectivity index (χ4v) is 4.48. The van der Waals surface area contributed by atoms with Gasteiger partial charge in [0.25, 0.3) is 5.91 Å². The van der Waals surface area contributed by atoms with Crippen LogP contribution in [0.25, 0.3) is 0 Å². The van der Waals surface area contributed by atoms with Crippen LogP contribution in [-0.2, 0) is 24.3 Å². The summed E-state index contributed by atoms with van der Waals surface area (Å²) in [6.45, 7) is 0. The summed E-state index contributed by atoms with van der Waals surface area (Å²) in [5, 5.41) is 2.81. The lowest BCUT2D eigenvalue weighted by Gasteiger charge is -2.37. The molecule has 0 aliphatic carbocycles. The third kappa shape index (κ3) is 6.08. The molecule has 0 bridgehead atoms. The molecule has 0 radical (unpaired) electrons. The number of halogens is 6. The van der Waals surface area contributed by atoms with Crippen molar-refractivity contribution >= 4 is 5.91 Å². The van der Waals surface area contributed by atoms with Crippen LogP contribution in [0.4, 0.5) is 26.3 Å². The number of hydrogen-bond acceptors (Lipinski definition) is 2. The number of carbonyl (C=O) groups excluding carboxylic acids is 1. The molecule has 0 saturated heterocycles. The molecule has 0 fully saturated rings. The number of benzene rings is 4. The Kier molecular flexibility index (Phi) is 7.72. The Balaban J connectivity index is 2.01. The van der Waals surface area contributed by atoms with Crippen molar-refractivity contribution in [1.29, 1.82) is 0 Å². The van der Waals surface area contributed by atoms with Gasteiger partial charge in [0.05, 0.1) is 29.3 Å². The van der Waals surface area contributed by atoms with Gasteiger partial charge in [-0.15, -0.1) is 0 Å². The second-order valence-corrected chi connectivity index (χ2v) is 8.88. The number of rotatable bonds is 7. The Morgan fingerprint density at radius 1 is 0.667 bits per heavy atom. The van der Waals surface area contributed by atoms with Crippen molar-refractivity contribution in [3.63, 3.8) is 0 Å². The minimum Gasteiger partial charge on any atom is -0.496 e. The topological polar surface area (TPSA) is 38.3 Å². The molecule has 39 heavy (non-hydrogen) atoms. The van der Waals surface area contributed by atoms with Gasteiger partial charge in [0.1, 0.15) is 5.75 Å². The van der Waals surface area contributed by atoms with Crippen LogP contribution < -0.4 is 10.1 Å². The van der Waals surface area contributed by atoms with Crippen molar-refractivity contribution in [2.24, 2.45) is 0 Å². The molecular weight excluding hydrogens is 520 g/mol. The van der Waals surface area contributed by atoms with E-state index in [4.69, 9.17) is 4.74 Å². The molecule has 1 N–H and O–H groups in total. The van der Waals surface area contributed by atoms with Crippen molar-refractivity contribution < 1.29 is 35.9 Å². The normalized spacial score (nSPS) is 12.2. The first-order valence-electron chi connectivity index (χ1n) is 11.8. The van der Waals surface area contributed by atoms with Crippen molar-refractivity contribution in [3.05, 3.63) is 137 Å². The van der Waals surface area contributed by atoms with Crippen molar-refractivity contribution in [3.8, 4) is 5.75 Å². The highest BCUT2D eigenvalue weighted by molar-refractivity contribution is 5.97. The van der Waals surface area contributed by atoms with E-state index in [1.54, 1.807) is 42.5 Å². The number of nitrogens with one attached hydrogen (secondary N) is 1. The van der Waals surface area contributed by atoms with E-state index in [1.165, 1.54) is 43.5 Å². The van der Waals surface area contributed by atoms with Crippen LogP contribution >= 0.6 is 0 Å². The van der Waals surface area contributed by atoms with Crippen molar-refractivity contribution in [2.45, 2.75) is 24.3 Å². The van der Waals surface area contributed by atoms with Gasteiger partial charge in [-0.05, 0) is 53.1 Å². The highest BCUT2D eigenvalue weighted by Gasteiger charge is 2.41. The van der Waals surface area contributed by atoms with Gasteiger partial charge in [0.15, 0.2) is 0 Å². The summed E-state index contributed by atoms with van der Waals surface area (Å²) < 4.78 is 88.0. The smallest absolute Gasteiger partial charge is 0.416 e. The molecule has 0 saturated carbocycles. The summed E-state index contributed by atoms with van der Waals surface area (Å²) in [5.74, 6) is -0.546. The molecule has 0 spiro atoms.